The number of anilines is 1. The van der Waals surface area contributed by atoms with Crippen molar-refractivity contribution in [1.82, 2.24) is 0 Å². The summed E-state index contributed by atoms with van der Waals surface area (Å²) >= 11 is 3.03. The van der Waals surface area contributed by atoms with E-state index in [4.69, 9.17) is 4.74 Å². The number of nitrogens with one attached hydrogen (secondary N) is 1. The van der Waals surface area contributed by atoms with E-state index >= 15 is 0 Å². The zero-order valence-electron chi connectivity index (χ0n) is 10.7. The van der Waals surface area contributed by atoms with Gasteiger partial charge in [-0.3, -0.25) is 0 Å². The first-order valence-corrected chi connectivity index (χ1v) is 7.02. The molecular formula is C15H14BrF2NO. The van der Waals surface area contributed by atoms with Crippen molar-refractivity contribution in [3.63, 3.8) is 0 Å². The van der Waals surface area contributed by atoms with Crippen LogP contribution in [0.5, 0.6) is 5.75 Å². The van der Waals surface area contributed by atoms with E-state index in [1.807, 2.05) is 30.3 Å². The molecule has 0 heterocycles. The van der Waals surface area contributed by atoms with Crippen LogP contribution in [0.15, 0.2) is 46.9 Å². The third-order valence-corrected chi connectivity index (χ3v) is 3.27. The Morgan fingerprint density at radius 3 is 2.55 bits per heavy atom. The van der Waals surface area contributed by atoms with Crippen molar-refractivity contribution < 1.29 is 13.5 Å². The molecule has 0 amide bonds. The summed E-state index contributed by atoms with van der Waals surface area (Å²) in [6.07, 6.45) is 0.712. The summed E-state index contributed by atoms with van der Waals surface area (Å²) in [5.74, 6) is -0.404. The summed E-state index contributed by atoms with van der Waals surface area (Å²) < 4.78 is 32.3. The fourth-order valence-electron chi connectivity index (χ4n) is 1.66. The van der Waals surface area contributed by atoms with Gasteiger partial charge in [0.1, 0.15) is 17.4 Å². The zero-order valence-corrected chi connectivity index (χ0v) is 12.3. The van der Waals surface area contributed by atoms with Gasteiger partial charge in [0.2, 0.25) is 0 Å². The Hall–Kier alpha value is -1.62. The van der Waals surface area contributed by atoms with Crippen LogP contribution >= 0.6 is 15.9 Å². The van der Waals surface area contributed by atoms with E-state index in [1.54, 1.807) is 0 Å². The maximum Gasteiger partial charge on any atom is 0.149 e. The predicted octanol–water partition coefficient (Wildman–Crippen LogP) is 4.61. The summed E-state index contributed by atoms with van der Waals surface area (Å²) in [5.41, 5.74) is 0.276. The van der Waals surface area contributed by atoms with Crippen LogP contribution in [0.3, 0.4) is 0 Å². The molecule has 2 aromatic carbocycles. The van der Waals surface area contributed by atoms with Gasteiger partial charge in [0.15, 0.2) is 0 Å². The van der Waals surface area contributed by atoms with Crippen LogP contribution in [-0.4, -0.2) is 13.2 Å². The lowest BCUT2D eigenvalue weighted by Gasteiger charge is -2.09. The third kappa shape index (κ3) is 4.20. The molecule has 0 saturated carbocycles. The molecule has 0 radical (unpaired) electrons. The molecule has 2 nitrogen and oxygen atoms in total. The number of benzene rings is 2. The highest BCUT2D eigenvalue weighted by atomic mass is 79.9. The Labute approximate surface area is 124 Å². The lowest BCUT2D eigenvalue weighted by Crippen LogP contribution is -2.08. The Bertz CT molecular complexity index is 563. The lowest BCUT2D eigenvalue weighted by atomic mass is 10.3. The molecular weight excluding hydrogens is 328 g/mol. The summed E-state index contributed by atoms with van der Waals surface area (Å²) in [7, 11) is 0. The van der Waals surface area contributed by atoms with Gasteiger partial charge in [0.05, 0.1) is 16.8 Å². The second-order valence-corrected chi connectivity index (χ2v) is 5.04. The van der Waals surface area contributed by atoms with Crippen LogP contribution in [0, 0.1) is 11.6 Å². The molecule has 2 rings (SSSR count). The average molecular weight is 342 g/mol. The molecule has 0 fully saturated rings. The molecule has 5 heteroatoms. The van der Waals surface area contributed by atoms with Crippen LogP contribution in [-0.2, 0) is 0 Å². The van der Waals surface area contributed by atoms with Gasteiger partial charge >= 0.3 is 0 Å². The highest BCUT2D eigenvalue weighted by Crippen LogP contribution is 2.23. The number of hydrogen-bond acceptors (Lipinski definition) is 2. The Kier molecular flexibility index (Phi) is 5.35. The second kappa shape index (κ2) is 7.24. The molecule has 106 valence electrons. The van der Waals surface area contributed by atoms with Crippen molar-refractivity contribution in [2.24, 2.45) is 0 Å². The minimum Gasteiger partial charge on any atom is -0.494 e. The van der Waals surface area contributed by atoms with Gasteiger partial charge in [-0.15, -0.1) is 0 Å². The summed E-state index contributed by atoms with van der Waals surface area (Å²) in [5, 5.41) is 2.92. The van der Waals surface area contributed by atoms with Crippen LogP contribution in [0.4, 0.5) is 14.5 Å². The van der Waals surface area contributed by atoms with Crippen molar-refractivity contribution >= 4 is 21.6 Å². The quantitative estimate of drug-likeness (QED) is 0.612. The summed E-state index contributed by atoms with van der Waals surface area (Å²) in [4.78, 5) is 0. The molecule has 2 aromatic rings. The Morgan fingerprint density at radius 1 is 1.05 bits per heavy atom. The molecule has 0 saturated heterocycles. The fourth-order valence-corrected chi connectivity index (χ4v) is 2.00. The maximum absolute atomic E-state index is 13.5. The number of para-hydroxylation sites is 1. The number of halogens is 3. The van der Waals surface area contributed by atoms with E-state index in [0.29, 0.717) is 19.6 Å². The highest BCUT2D eigenvalue weighted by molar-refractivity contribution is 9.10. The van der Waals surface area contributed by atoms with Gasteiger partial charge in [0, 0.05) is 12.6 Å². The monoisotopic (exact) mass is 341 g/mol. The zero-order chi connectivity index (χ0) is 14.4. The van der Waals surface area contributed by atoms with Gasteiger partial charge < -0.3 is 10.1 Å². The highest BCUT2D eigenvalue weighted by Gasteiger charge is 2.07. The molecule has 0 aliphatic carbocycles. The summed E-state index contributed by atoms with van der Waals surface area (Å²) in [6, 6.07) is 11.7. The van der Waals surface area contributed by atoms with E-state index in [0.717, 1.165) is 11.8 Å². The van der Waals surface area contributed by atoms with Gasteiger partial charge in [-0.1, -0.05) is 18.2 Å². The first-order valence-electron chi connectivity index (χ1n) is 6.23. The third-order valence-electron chi connectivity index (χ3n) is 2.66. The van der Waals surface area contributed by atoms with E-state index in [-0.39, 0.29) is 10.2 Å². The van der Waals surface area contributed by atoms with Crippen molar-refractivity contribution in [2.75, 3.05) is 18.5 Å². The standard InChI is InChI=1S/C15H14BrF2NO/c16-12-9-15(14(18)10-13(12)17)19-7-4-8-20-11-5-2-1-3-6-11/h1-3,5-6,9-10,19H,4,7-8H2. The maximum atomic E-state index is 13.5. The van der Waals surface area contributed by atoms with Crippen molar-refractivity contribution in [2.45, 2.75) is 6.42 Å². The van der Waals surface area contributed by atoms with E-state index in [2.05, 4.69) is 21.2 Å². The van der Waals surface area contributed by atoms with E-state index in [9.17, 15) is 8.78 Å². The van der Waals surface area contributed by atoms with Crippen molar-refractivity contribution in [1.29, 1.82) is 0 Å². The largest absolute Gasteiger partial charge is 0.494 e. The SMILES string of the molecule is Fc1cc(F)c(NCCCOc2ccccc2)cc1Br. The van der Waals surface area contributed by atoms with Crippen LogP contribution in [0.2, 0.25) is 0 Å². The lowest BCUT2D eigenvalue weighted by molar-refractivity contribution is 0.315. The van der Waals surface area contributed by atoms with E-state index in [1.165, 1.54) is 6.07 Å². The van der Waals surface area contributed by atoms with Gasteiger partial charge in [-0.05, 0) is 40.5 Å². The summed E-state index contributed by atoms with van der Waals surface area (Å²) in [6.45, 7) is 1.07. The van der Waals surface area contributed by atoms with Crippen molar-refractivity contribution in [3.8, 4) is 5.75 Å². The number of rotatable bonds is 6. The Balaban J connectivity index is 1.75. The van der Waals surface area contributed by atoms with Gasteiger partial charge in [-0.25, -0.2) is 8.78 Å². The minimum absolute atomic E-state index is 0.238. The molecule has 20 heavy (non-hydrogen) atoms. The van der Waals surface area contributed by atoms with Crippen molar-refractivity contribution in [3.05, 3.63) is 58.6 Å². The predicted molar refractivity (Wildman–Crippen MR) is 79.1 cm³/mol. The molecule has 0 aliphatic heterocycles. The normalized spacial score (nSPS) is 10.3. The Morgan fingerprint density at radius 2 is 1.80 bits per heavy atom. The first kappa shape index (κ1) is 14.8. The topological polar surface area (TPSA) is 21.3 Å². The second-order valence-electron chi connectivity index (χ2n) is 4.19. The smallest absolute Gasteiger partial charge is 0.149 e. The molecule has 0 aromatic heterocycles. The minimum atomic E-state index is -0.611. The average Bonchev–Trinajstić information content (AvgIpc) is 2.45. The first-order chi connectivity index (χ1) is 9.66. The molecule has 0 spiro atoms. The van der Waals surface area contributed by atoms with E-state index < -0.39 is 11.6 Å². The number of hydrogen-bond donors (Lipinski definition) is 1. The molecule has 0 bridgehead atoms. The molecule has 0 unspecified atom stereocenters. The molecule has 0 atom stereocenters. The van der Waals surface area contributed by atoms with Gasteiger partial charge in [-0.2, -0.15) is 0 Å². The molecule has 1 N–H and O–H groups in total. The van der Waals surface area contributed by atoms with Crippen LogP contribution in [0.1, 0.15) is 6.42 Å². The fraction of sp³-hybridized carbons (Fsp3) is 0.200. The van der Waals surface area contributed by atoms with Crippen LogP contribution < -0.4 is 10.1 Å². The van der Waals surface area contributed by atoms with Crippen LogP contribution in [0.25, 0.3) is 0 Å². The number of ether oxygens (including phenoxy) is 1. The van der Waals surface area contributed by atoms with Gasteiger partial charge in [0.25, 0.3) is 0 Å². The molecule has 0 aliphatic rings.